The highest BCUT2D eigenvalue weighted by Crippen LogP contribution is 2.38. The Balaban J connectivity index is 0.888. The molecule has 0 aliphatic carbocycles. The van der Waals surface area contributed by atoms with Crippen molar-refractivity contribution in [3.05, 3.63) is 69.1 Å². The van der Waals surface area contributed by atoms with Gasteiger partial charge in [-0.3, -0.25) is 33.7 Å². The van der Waals surface area contributed by atoms with Gasteiger partial charge in [0.25, 0.3) is 11.5 Å². The van der Waals surface area contributed by atoms with E-state index in [1.54, 1.807) is 31.4 Å². The van der Waals surface area contributed by atoms with Crippen LogP contribution in [0.1, 0.15) is 75.1 Å². The molecule has 8 rings (SSSR count). The molecule has 0 spiro atoms. The quantitative estimate of drug-likeness (QED) is 0.154. The molecule has 1 aromatic carbocycles. The molecule has 322 valence electrons. The van der Waals surface area contributed by atoms with Crippen LogP contribution < -0.4 is 31.1 Å². The summed E-state index contributed by atoms with van der Waals surface area (Å²) in [5, 5.41) is 14.0. The van der Waals surface area contributed by atoms with Crippen LogP contribution in [0.25, 0.3) is 21.9 Å². The summed E-state index contributed by atoms with van der Waals surface area (Å²) in [6.07, 6.45) is 4.49. The molecule has 3 amide bonds. The van der Waals surface area contributed by atoms with Gasteiger partial charge < -0.3 is 25.2 Å². The number of piperidine rings is 3. The van der Waals surface area contributed by atoms with E-state index in [1.807, 2.05) is 24.8 Å². The van der Waals surface area contributed by atoms with Crippen LogP contribution >= 0.6 is 11.6 Å². The molecule has 4 aromatic heterocycles. The lowest BCUT2D eigenvalue weighted by Gasteiger charge is -2.39. The second-order valence-electron chi connectivity index (χ2n) is 16.3. The number of pyridine rings is 2. The van der Waals surface area contributed by atoms with Crippen LogP contribution in [-0.4, -0.2) is 104 Å². The number of alkyl halides is 1. The zero-order valence-electron chi connectivity index (χ0n) is 34.4. The Kier molecular flexibility index (Phi) is 11.9. The molecule has 0 saturated carbocycles. The Morgan fingerprint density at radius 1 is 1.07 bits per heavy atom. The molecule has 0 radical (unpaired) electrons. The van der Waals surface area contributed by atoms with E-state index in [0.29, 0.717) is 89.7 Å². The standard InChI is InChI=1S/C42H48ClF2N11O5/c1-22(2)56-39-25(16-32(41(56)60)61-21-34(58)46-3)15-26(17-47-39)49-38-30(43)18-48-42(51-38)55-14-11-24(31(44)20-55)19-54-12-9-23(10-13-54)27-5-6-28-36(52-53(4)37(28)35(27)45)29-7-8-33(57)50-40(29)59/h5-6,15-18,22-24,29,31H,7-14,19-21H2,1-4H3,(H,46,58)(H,48,49,51)(H,50,57,59)/t24?,29?,31-/m0/s1. The maximum atomic E-state index is 16.1. The molecule has 3 atom stereocenters. The lowest BCUT2D eigenvalue weighted by molar-refractivity contribution is -0.134. The van der Waals surface area contributed by atoms with Gasteiger partial charge in [0.05, 0.1) is 36.2 Å². The van der Waals surface area contributed by atoms with Crippen LogP contribution in [-0.2, 0) is 21.4 Å². The van der Waals surface area contributed by atoms with Crippen LogP contribution in [0.2, 0.25) is 5.02 Å². The van der Waals surface area contributed by atoms with Gasteiger partial charge in [-0.25, -0.2) is 18.7 Å². The maximum absolute atomic E-state index is 16.1. The topological polar surface area (TPSA) is 181 Å². The van der Waals surface area contributed by atoms with Crippen LogP contribution in [0.3, 0.4) is 0 Å². The fourth-order valence-corrected chi connectivity index (χ4v) is 8.93. The fourth-order valence-electron chi connectivity index (χ4n) is 8.80. The Morgan fingerprint density at radius 2 is 1.85 bits per heavy atom. The van der Waals surface area contributed by atoms with Crippen molar-refractivity contribution in [2.75, 3.05) is 56.6 Å². The number of anilines is 3. The summed E-state index contributed by atoms with van der Waals surface area (Å²) in [4.78, 5) is 67.0. The number of aryl methyl sites for hydroxylation is 1. The molecular weight excluding hydrogens is 812 g/mol. The zero-order valence-corrected chi connectivity index (χ0v) is 35.1. The zero-order chi connectivity index (χ0) is 43.1. The Labute approximate surface area is 355 Å². The van der Waals surface area contributed by atoms with Crippen molar-refractivity contribution in [1.29, 1.82) is 0 Å². The van der Waals surface area contributed by atoms with E-state index >= 15 is 8.78 Å². The van der Waals surface area contributed by atoms with Crippen molar-refractivity contribution in [3.8, 4) is 5.75 Å². The number of carbonyl (C=O) groups excluding carboxylic acids is 3. The second-order valence-corrected chi connectivity index (χ2v) is 16.7. The smallest absolute Gasteiger partial charge is 0.294 e. The van der Waals surface area contributed by atoms with Crippen molar-refractivity contribution in [1.82, 2.24) is 44.8 Å². The maximum Gasteiger partial charge on any atom is 0.294 e. The fraction of sp³-hybridized carbons (Fsp3) is 0.476. The average molecular weight is 860 g/mol. The van der Waals surface area contributed by atoms with Crippen LogP contribution in [0, 0.1) is 11.7 Å². The molecular formula is C42H48ClF2N11O5. The first-order valence-corrected chi connectivity index (χ1v) is 21.0. The molecule has 0 bridgehead atoms. The number of fused-ring (bicyclic) bond motifs is 2. The van der Waals surface area contributed by atoms with Gasteiger partial charge in [-0.2, -0.15) is 10.1 Å². The summed E-state index contributed by atoms with van der Waals surface area (Å²) in [6.45, 7) is 6.06. The van der Waals surface area contributed by atoms with Crippen LogP contribution in [0.4, 0.5) is 26.2 Å². The number of imide groups is 1. The molecule has 3 aliphatic rings. The third-order valence-corrected chi connectivity index (χ3v) is 12.3. The second kappa shape index (κ2) is 17.3. The monoisotopic (exact) mass is 859 g/mol. The molecule has 5 aromatic rings. The predicted molar refractivity (Wildman–Crippen MR) is 226 cm³/mol. The molecule has 7 heterocycles. The number of halogens is 3. The van der Waals surface area contributed by atoms with E-state index in [9.17, 15) is 19.2 Å². The van der Waals surface area contributed by atoms with E-state index in [2.05, 4.69) is 40.9 Å². The summed E-state index contributed by atoms with van der Waals surface area (Å²) in [5.74, 6) is -1.60. The summed E-state index contributed by atoms with van der Waals surface area (Å²) in [7, 11) is 3.15. The van der Waals surface area contributed by atoms with Crippen LogP contribution in [0.15, 0.2) is 41.5 Å². The number of ether oxygens (including phenoxy) is 1. The molecule has 2 unspecified atom stereocenters. The normalized spacial score (nSPS) is 20.4. The van der Waals surface area contributed by atoms with Gasteiger partial charge in [-0.1, -0.05) is 23.7 Å². The van der Waals surface area contributed by atoms with E-state index in [1.165, 1.54) is 22.5 Å². The van der Waals surface area contributed by atoms with Crippen LogP contribution in [0.5, 0.6) is 5.75 Å². The number of amides is 3. The number of hydrogen-bond donors (Lipinski definition) is 3. The molecule has 61 heavy (non-hydrogen) atoms. The predicted octanol–water partition coefficient (Wildman–Crippen LogP) is 4.88. The number of likely N-dealkylation sites (tertiary alicyclic amines) is 1. The summed E-state index contributed by atoms with van der Waals surface area (Å²) >= 11 is 6.53. The lowest BCUT2D eigenvalue weighted by Crippen LogP contribution is -2.47. The average Bonchev–Trinajstić information content (AvgIpc) is 3.58. The summed E-state index contributed by atoms with van der Waals surface area (Å²) in [5.41, 5.74) is 2.01. The van der Waals surface area contributed by atoms with E-state index < -0.39 is 23.6 Å². The minimum atomic E-state index is -1.13. The minimum absolute atomic E-state index is 0.0123. The van der Waals surface area contributed by atoms with Crippen molar-refractivity contribution in [2.45, 2.75) is 70.0 Å². The third-order valence-electron chi connectivity index (χ3n) is 12.0. The number of aromatic nitrogens is 6. The largest absolute Gasteiger partial charge is 0.478 e. The molecule has 3 N–H and O–H groups in total. The number of benzene rings is 1. The number of likely N-dealkylation sites (N-methyl/N-ethyl adjacent to an activating group) is 1. The van der Waals surface area contributed by atoms with Crippen molar-refractivity contribution < 1.29 is 27.9 Å². The number of nitrogens with zero attached hydrogens (tertiary/aromatic N) is 8. The SMILES string of the molecule is CNC(=O)COc1cc2cc(Nc3nc(N4CCC(CN5CCC(c6ccc7c(C8CCC(=O)NC8=O)nn(C)c7c6F)CC5)[C@@H](F)C4)ncc3Cl)cnc2n(C(C)C)c1=O. The van der Waals surface area contributed by atoms with E-state index in [0.717, 1.165) is 12.8 Å². The molecule has 3 fully saturated rings. The van der Waals surface area contributed by atoms with Crippen molar-refractivity contribution in [2.24, 2.45) is 13.0 Å². The van der Waals surface area contributed by atoms with Crippen molar-refractivity contribution in [3.63, 3.8) is 0 Å². The van der Waals surface area contributed by atoms with Crippen molar-refractivity contribution >= 4 is 68.7 Å². The Bertz CT molecular complexity index is 2580. The van der Waals surface area contributed by atoms with Gasteiger partial charge in [0.15, 0.2) is 24.0 Å². The minimum Gasteiger partial charge on any atom is -0.478 e. The first-order valence-electron chi connectivity index (χ1n) is 20.6. The number of hydrogen-bond acceptors (Lipinski definition) is 12. The highest BCUT2D eigenvalue weighted by atomic mass is 35.5. The summed E-state index contributed by atoms with van der Waals surface area (Å²) < 4.78 is 40.6. The Morgan fingerprint density at radius 3 is 2.57 bits per heavy atom. The first-order chi connectivity index (χ1) is 29.3. The van der Waals surface area contributed by atoms with Gasteiger partial charge in [0, 0.05) is 56.3 Å². The number of carbonyl (C=O) groups is 3. The highest BCUT2D eigenvalue weighted by Gasteiger charge is 2.35. The van der Waals surface area contributed by atoms with Gasteiger partial charge in [0.1, 0.15) is 22.4 Å². The molecule has 19 heteroatoms. The first kappa shape index (κ1) is 42.0. The van der Waals surface area contributed by atoms with E-state index in [4.69, 9.17) is 16.3 Å². The van der Waals surface area contributed by atoms with Gasteiger partial charge in [-0.05, 0) is 76.2 Å². The number of nitrogens with one attached hydrogen (secondary N) is 3. The molecule has 3 aliphatic heterocycles. The highest BCUT2D eigenvalue weighted by molar-refractivity contribution is 6.33. The molecule has 3 saturated heterocycles. The number of rotatable bonds is 11. The Hall–Kier alpha value is -5.75. The van der Waals surface area contributed by atoms with Gasteiger partial charge >= 0.3 is 0 Å². The summed E-state index contributed by atoms with van der Waals surface area (Å²) in [6, 6.07) is 6.72. The third kappa shape index (κ3) is 8.47. The lowest BCUT2D eigenvalue weighted by atomic mass is 9.86. The van der Waals surface area contributed by atoms with Gasteiger partial charge in [-0.15, -0.1) is 0 Å². The molecule has 16 nitrogen and oxygen atoms in total. The van der Waals surface area contributed by atoms with Gasteiger partial charge in [0.2, 0.25) is 17.8 Å². The van der Waals surface area contributed by atoms with E-state index in [-0.39, 0.29) is 65.9 Å².